The third kappa shape index (κ3) is 3.61. The number of nitrogens with zero attached hydrogens (tertiary/aromatic N) is 2. The quantitative estimate of drug-likeness (QED) is 0.632. The number of amides is 1. The van der Waals surface area contributed by atoms with Crippen LogP contribution in [0.25, 0.3) is 0 Å². The van der Waals surface area contributed by atoms with Crippen LogP contribution in [0.4, 0.5) is 0 Å². The van der Waals surface area contributed by atoms with Gasteiger partial charge in [-0.2, -0.15) is 0 Å². The fourth-order valence-corrected chi connectivity index (χ4v) is 3.02. The molecule has 1 unspecified atom stereocenters. The third-order valence-corrected chi connectivity index (χ3v) is 4.05. The Morgan fingerprint density at radius 3 is 2.21 bits per heavy atom. The van der Waals surface area contributed by atoms with Crippen LogP contribution < -0.4 is 4.74 Å². The Kier molecular flexibility index (Phi) is 5.02. The van der Waals surface area contributed by atoms with Crippen LogP contribution in [0.3, 0.4) is 0 Å². The zero-order valence-electron chi connectivity index (χ0n) is 15.3. The molecule has 24 heavy (non-hydrogen) atoms. The Bertz CT molecular complexity index is 654. The predicted octanol–water partition coefficient (Wildman–Crippen LogP) is 2.78. The van der Waals surface area contributed by atoms with Crippen LogP contribution in [0.15, 0.2) is 36.0 Å². The molecular formula is C19H26N2O3. The summed E-state index contributed by atoms with van der Waals surface area (Å²) in [4.78, 5) is 29.1. The van der Waals surface area contributed by atoms with Crippen molar-refractivity contribution in [3.05, 3.63) is 41.6 Å². The SMILES string of the molecule is COc1ccc(C2CC(=O)C(=CN(C)C)C(=O)N2C(C)(C)C)cc1. The Morgan fingerprint density at radius 2 is 1.75 bits per heavy atom. The highest BCUT2D eigenvalue weighted by Crippen LogP contribution is 2.37. The number of carbonyl (C=O) groups is 2. The molecule has 0 aromatic heterocycles. The zero-order chi connectivity index (χ0) is 18.1. The average Bonchev–Trinajstić information content (AvgIpc) is 2.49. The Balaban J connectivity index is 2.47. The lowest BCUT2D eigenvalue weighted by molar-refractivity contribution is -0.142. The number of carbonyl (C=O) groups excluding carboxylic acids is 2. The maximum Gasteiger partial charge on any atom is 0.259 e. The van der Waals surface area contributed by atoms with Crippen molar-refractivity contribution in [3.63, 3.8) is 0 Å². The van der Waals surface area contributed by atoms with Crippen LogP contribution in [0.2, 0.25) is 0 Å². The predicted molar refractivity (Wildman–Crippen MR) is 93.7 cm³/mol. The first-order valence-corrected chi connectivity index (χ1v) is 8.04. The van der Waals surface area contributed by atoms with Gasteiger partial charge >= 0.3 is 0 Å². The van der Waals surface area contributed by atoms with Gasteiger partial charge in [0.25, 0.3) is 5.91 Å². The van der Waals surface area contributed by atoms with E-state index in [0.29, 0.717) is 0 Å². The van der Waals surface area contributed by atoms with Gasteiger partial charge < -0.3 is 14.5 Å². The molecule has 1 fully saturated rings. The second-order valence-electron chi connectivity index (χ2n) is 7.27. The van der Waals surface area contributed by atoms with E-state index in [-0.39, 0.29) is 29.7 Å². The third-order valence-electron chi connectivity index (χ3n) is 4.05. The van der Waals surface area contributed by atoms with E-state index in [2.05, 4.69) is 0 Å². The summed E-state index contributed by atoms with van der Waals surface area (Å²) in [5.41, 5.74) is 0.796. The lowest BCUT2D eigenvalue weighted by Crippen LogP contribution is -2.52. The number of rotatable bonds is 3. The molecule has 0 aliphatic carbocycles. The van der Waals surface area contributed by atoms with Crippen LogP contribution in [0.1, 0.15) is 38.8 Å². The molecule has 1 atom stereocenters. The molecule has 0 radical (unpaired) electrons. The number of hydrogen-bond donors (Lipinski definition) is 0. The number of Topliss-reactive ketones (excluding diaryl/α,β-unsaturated/α-hetero) is 1. The van der Waals surface area contributed by atoms with Crippen LogP contribution >= 0.6 is 0 Å². The molecule has 1 aliphatic heterocycles. The Labute approximate surface area is 143 Å². The van der Waals surface area contributed by atoms with Gasteiger partial charge in [0.2, 0.25) is 0 Å². The summed E-state index contributed by atoms with van der Waals surface area (Å²) in [6, 6.07) is 7.29. The molecule has 1 saturated heterocycles. The van der Waals surface area contributed by atoms with Crippen molar-refractivity contribution in [1.82, 2.24) is 9.80 Å². The summed E-state index contributed by atoms with van der Waals surface area (Å²) in [7, 11) is 5.23. The molecule has 1 aromatic rings. The number of ketones is 1. The van der Waals surface area contributed by atoms with E-state index in [1.165, 1.54) is 0 Å². The van der Waals surface area contributed by atoms with E-state index in [0.717, 1.165) is 11.3 Å². The fraction of sp³-hybridized carbons (Fsp3) is 0.474. The number of methoxy groups -OCH3 is 1. The molecule has 1 heterocycles. The van der Waals surface area contributed by atoms with Crippen molar-refractivity contribution in [2.75, 3.05) is 21.2 Å². The largest absolute Gasteiger partial charge is 0.497 e. The van der Waals surface area contributed by atoms with Gasteiger partial charge in [0.15, 0.2) is 5.78 Å². The lowest BCUT2D eigenvalue weighted by atomic mass is 9.87. The molecular weight excluding hydrogens is 304 g/mol. The van der Waals surface area contributed by atoms with Gasteiger partial charge in [-0.25, -0.2) is 0 Å². The first-order chi connectivity index (χ1) is 11.1. The highest BCUT2D eigenvalue weighted by Gasteiger charge is 2.42. The average molecular weight is 330 g/mol. The zero-order valence-corrected chi connectivity index (χ0v) is 15.3. The Hall–Kier alpha value is -2.30. The Morgan fingerprint density at radius 1 is 1.17 bits per heavy atom. The molecule has 0 saturated carbocycles. The minimum atomic E-state index is -0.395. The number of likely N-dealkylation sites (tertiary alicyclic amines) is 1. The van der Waals surface area contributed by atoms with Gasteiger partial charge in [0.05, 0.1) is 18.7 Å². The second-order valence-corrected chi connectivity index (χ2v) is 7.27. The molecule has 1 aliphatic rings. The minimum absolute atomic E-state index is 0.116. The van der Waals surface area contributed by atoms with Gasteiger partial charge in [0, 0.05) is 32.3 Å². The highest BCUT2D eigenvalue weighted by atomic mass is 16.5. The van der Waals surface area contributed by atoms with E-state index in [4.69, 9.17) is 4.74 Å². The summed E-state index contributed by atoms with van der Waals surface area (Å²) in [5, 5.41) is 0. The van der Waals surface area contributed by atoms with E-state index in [1.807, 2.05) is 64.0 Å². The van der Waals surface area contributed by atoms with E-state index < -0.39 is 5.54 Å². The number of benzene rings is 1. The van der Waals surface area contributed by atoms with Crippen molar-refractivity contribution in [3.8, 4) is 5.75 Å². The van der Waals surface area contributed by atoms with Crippen LogP contribution in [0.5, 0.6) is 5.75 Å². The van der Waals surface area contributed by atoms with Gasteiger partial charge in [0.1, 0.15) is 5.75 Å². The van der Waals surface area contributed by atoms with Crippen molar-refractivity contribution in [2.24, 2.45) is 0 Å². The topological polar surface area (TPSA) is 49.9 Å². The maximum atomic E-state index is 13.0. The highest BCUT2D eigenvalue weighted by molar-refractivity contribution is 6.21. The molecule has 5 heteroatoms. The molecule has 1 aromatic carbocycles. The van der Waals surface area contributed by atoms with Crippen LogP contribution in [-0.4, -0.2) is 48.2 Å². The number of hydrogen-bond acceptors (Lipinski definition) is 4. The van der Waals surface area contributed by atoms with Crippen molar-refractivity contribution in [1.29, 1.82) is 0 Å². The van der Waals surface area contributed by atoms with Crippen LogP contribution in [-0.2, 0) is 9.59 Å². The standard InChI is InChI=1S/C19H26N2O3/c1-19(2,3)21-16(13-7-9-14(24-6)10-8-13)11-17(22)15(18(21)23)12-20(4)5/h7-10,12,16H,11H2,1-6H3. The van der Waals surface area contributed by atoms with E-state index >= 15 is 0 Å². The summed E-state index contributed by atoms with van der Waals surface area (Å²) in [6.45, 7) is 5.97. The second kappa shape index (κ2) is 6.67. The normalized spacial score (nSPS) is 20.5. The van der Waals surface area contributed by atoms with Crippen molar-refractivity contribution < 1.29 is 14.3 Å². The molecule has 1 amide bonds. The monoisotopic (exact) mass is 330 g/mol. The molecule has 0 bridgehead atoms. The summed E-state index contributed by atoms with van der Waals surface area (Å²) >= 11 is 0. The van der Waals surface area contributed by atoms with E-state index in [9.17, 15) is 9.59 Å². The van der Waals surface area contributed by atoms with Crippen molar-refractivity contribution in [2.45, 2.75) is 38.8 Å². The molecule has 2 rings (SSSR count). The number of piperidine rings is 1. The summed E-state index contributed by atoms with van der Waals surface area (Å²) < 4.78 is 5.19. The van der Waals surface area contributed by atoms with Gasteiger partial charge in [-0.3, -0.25) is 9.59 Å². The first-order valence-electron chi connectivity index (χ1n) is 8.04. The molecule has 5 nitrogen and oxygen atoms in total. The molecule has 0 spiro atoms. The summed E-state index contributed by atoms with van der Waals surface area (Å²) in [6.07, 6.45) is 1.91. The smallest absolute Gasteiger partial charge is 0.259 e. The van der Waals surface area contributed by atoms with Crippen LogP contribution in [0, 0.1) is 0 Å². The first kappa shape index (κ1) is 18.0. The molecule has 0 N–H and O–H groups in total. The lowest BCUT2D eigenvalue weighted by Gasteiger charge is -2.45. The fourth-order valence-electron chi connectivity index (χ4n) is 3.02. The summed E-state index contributed by atoms with van der Waals surface area (Å²) in [5.74, 6) is 0.422. The molecule has 130 valence electrons. The van der Waals surface area contributed by atoms with Gasteiger partial charge in [-0.15, -0.1) is 0 Å². The minimum Gasteiger partial charge on any atom is -0.497 e. The maximum absolute atomic E-state index is 13.0. The van der Waals surface area contributed by atoms with E-state index in [1.54, 1.807) is 18.2 Å². The van der Waals surface area contributed by atoms with Crippen molar-refractivity contribution >= 4 is 11.7 Å². The number of ether oxygens (including phenoxy) is 1. The van der Waals surface area contributed by atoms with Gasteiger partial charge in [-0.1, -0.05) is 12.1 Å². The van der Waals surface area contributed by atoms with Gasteiger partial charge in [-0.05, 0) is 38.5 Å².